The topological polar surface area (TPSA) is 47.3 Å². The molecule has 2 rings (SSSR count). The number of alkyl halides is 2. The van der Waals surface area contributed by atoms with E-state index in [1.807, 2.05) is 6.07 Å². The lowest BCUT2D eigenvalue weighted by atomic mass is 9.98. The summed E-state index contributed by atoms with van der Waals surface area (Å²) in [6.07, 6.45) is 4.37. The molecule has 0 aromatic carbocycles. The highest BCUT2D eigenvalue weighted by molar-refractivity contribution is 5.97. The van der Waals surface area contributed by atoms with Crippen molar-refractivity contribution in [3.05, 3.63) is 11.6 Å². The summed E-state index contributed by atoms with van der Waals surface area (Å²) in [5.74, 6) is -2.96. The SMILES string of the molecule is CC(C)(C=C(C#N)C(=O)N1CCCCC1)N1CCC(F)(F)C1. The highest BCUT2D eigenvalue weighted by Gasteiger charge is 2.43. The molecule has 0 bridgehead atoms. The van der Waals surface area contributed by atoms with Crippen LogP contribution in [0.1, 0.15) is 39.5 Å². The van der Waals surface area contributed by atoms with E-state index in [-0.39, 0.29) is 31.0 Å². The molecule has 6 heteroatoms. The molecule has 0 aliphatic carbocycles. The molecule has 122 valence electrons. The predicted molar refractivity (Wildman–Crippen MR) is 79.3 cm³/mol. The van der Waals surface area contributed by atoms with E-state index in [1.54, 1.807) is 29.7 Å². The number of rotatable bonds is 3. The Balaban J connectivity index is 2.13. The van der Waals surface area contributed by atoms with Gasteiger partial charge in [-0.15, -0.1) is 0 Å². The van der Waals surface area contributed by atoms with E-state index in [2.05, 4.69) is 0 Å². The first kappa shape index (κ1) is 16.9. The van der Waals surface area contributed by atoms with Gasteiger partial charge in [-0.2, -0.15) is 5.26 Å². The Morgan fingerprint density at radius 3 is 2.36 bits per heavy atom. The molecule has 2 aliphatic heterocycles. The quantitative estimate of drug-likeness (QED) is 0.594. The lowest BCUT2D eigenvalue weighted by Gasteiger charge is -2.33. The Morgan fingerprint density at radius 1 is 1.23 bits per heavy atom. The molecule has 2 fully saturated rings. The molecule has 2 saturated heterocycles. The van der Waals surface area contributed by atoms with Crippen LogP contribution in [0.3, 0.4) is 0 Å². The number of halogens is 2. The van der Waals surface area contributed by atoms with Gasteiger partial charge in [0.15, 0.2) is 0 Å². The fourth-order valence-corrected chi connectivity index (χ4v) is 3.08. The third-order valence-corrected chi connectivity index (χ3v) is 4.48. The number of hydrogen-bond donors (Lipinski definition) is 0. The van der Waals surface area contributed by atoms with Crippen LogP contribution in [-0.2, 0) is 4.79 Å². The van der Waals surface area contributed by atoms with Crippen LogP contribution < -0.4 is 0 Å². The average Bonchev–Trinajstić information content (AvgIpc) is 2.86. The fourth-order valence-electron chi connectivity index (χ4n) is 3.08. The molecule has 0 atom stereocenters. The molecule has 22 heavy (non-hydrogen) atoms. The first-order valence-corrected chi connectivity index (χ1v) is 7.80. The zero-order chi connectivity index (χ0) is 16.4. The standard InChI is InChI=1S/C16H23F2N3O/c1-15(2,21-9-6-16(17,18)12-21)10-13(11-19)14(22)20-7-4-3-5-8-20/h10H,3-9,12H2,1-2H3. The van der Waals surface area contributed by atoms with Crippen LogP contribution in [0.4, 0.5) is 8.78 Å². The molecule has 0 aromatic heterocycles. The Labute approximate surface area is 130 Å². The second-order valence-corrected chi connectivity index (χ2v) is 6.70. The van der Waals surface area contributed by atoms with Gasteiger partial charge in [-0.1, -0.05) is 0 Å². The average molecular weight is 311 g/mol. The molecule has 0 radical (unpaired) electrons. The van der Waals surface area contributed by atoms with Crippen molar-refractivity contribution >= 4 is 5.91 Å². The summed E-state index contributed by atoms with van der Waals surface area (Å²) < 4.78 is 26.8. The van der Waals surface area contributed by atoms with Gasteiger partial charge in [-0.3, -0.25) is 9.69 Å². The van der Waals surface area contributed by atoms with Crippen molar-refractivity contribution < 1.29 is 13.6 Å². The van der Waals surface area contributed by atoms with Gasteiger partial charge in [-0.25, -0.2) is 8.78 Å². The van der Waals surface area contributed by atoms with Crippen LogP contribution in [0, 0.1) is 11.3 Å². The summed E-state index contributed by atoms with van der Waals surface area (Å²) in [6.45, 7) is 4.82. The Bertz CT molecular complexity index is 502. The Hall–Kier alpha value is -1.48. The first-order chi connectivity index (χ1) is 10.2. The minimum Gasteiger partial charge on any atom is -0.338 e. The molecule has 2 heterocycles. The summed E-state index contributed by atoms with van der Waals surface area (Å²) >= 11 is 0. The summed E-state index contributed by atoms with van der Waals surface area (Å²) in [5, 5.41) is 9.30. The second kappa shape index (κ2) is 6.33. The minimum atomic E-state index is -2.69. The lowest BCUT2D eigenvalue weighted by molar-refractivity contribution is -0.127. The number of nitrogens with zero attached hydrogens (tertiary/aromatic N) is 3. The van der Waals surface area contributed by atoms with E-state index in [1.165, 1.54) is 0 Å². The lowest BCUT2D eigenvalue weighted by Crippen LogP contribution is -2.43. The molecule has 2 aliphatic rings. The molecule has 0 unspecified atom stereocenters. The predicted octanol–water partition coefficient (Wildman–Crippen LogP) is 2.57. The van der Waals surface area contributed by atoms with Crippen LogP contribution in [0.25, 0.3) is 0 Å². The van der Waals surface area contributed by atoms with Gasteiger partial charge in [0.05, 0.1) is 6.54 Å². The molecular weight excluding hydrogens is 288 g/mol. The molecule has 4 nitrogen and oxygen atoms in total. The number of likely N-dealkylation sites (tertiary alicyclic amines) is 2. The normalized spacial score (nSPS) is 23.4. The van der Waals surface area contributed by atoms with Crippen LogP contribution in [0.2, 0.25) is 0 Å². The number of carbonyl (C=O) groups excluding carboxylic acids is 1. The largest absolute Gasteiger partial charge is 0.338 e. The summed E-state index contributed by atoms with van der Waals surface area (Å²) in [6, 6.07) is 1.96. The summed E-state index contributed by atoms with van der Waals surface area (Å²) in [4.78, 5) is 15.7. The van der Waals surface area contributed by atoms with E-state index >= 15 is 0 Å². The smallest absolute Gasteiger partial charge is 0.264 e. The van der Waals surface area contributed by atoms with Gasteiger partial charge in [0.1, 0.15) is 11.6 Å². The maximum atomic E-state index is 13.4. The van der Waals surface area contributed by atoms with Crippen molar-refractivity contribution in [2.24, 2.45) is 0 Å². The van der Waals surface area contributed by atoms with Gasteiger partial charge in [0.2, 0.25) is 0 Å². The van der Waals surface area contributed by atoms with E-state index in [4.69, 9.17) is 0 Å². The van der Waals surface area contributed by atoms with Gasteiger partial charge >= 0.3 is 0 Å². The molecule has 0 N–H and O–H groups in total. The minimum absolute atomic E-state index is 0.0575. The number of carbonyl (C=O) groups is 1. The third-order valence-electron chi connectivity index (χ3n) is 4.48. The van der Waals surface area contributed by atoms with E-state index in [0.29, 0.717) is 13.1 Å². The number of nitriles is 1. The van der Waals surface area contributed by atoms with Gasteiger partial charge in [0, 0.05) is 31.6 Å². The zero-order valence-electron chi connectivity index (χ0n) is 13.2. The highest BCUT2D eigenvalue weighted by Crippen LogP contribution is 2.33. The molecule has 0 saturated carbocycles. The number of hydrogen-bond acceptors (Lipinski definition) is 3. The number of piperidine rings is 1. The van der Waals surface area contributed by atoms with Crippen molar-refractivity contribution in [3.8, 4) is 6.07 Å². The van der Waals surface area contributed by atoms with Crippen LogP contribution in [0.15, 0.2) is 11.6 Å². The molecule has 0 spiro atoms. The van der Waals surface area contributed by atoms with E-state index in [9.17, 15) is 18.8 Å². The fraction of sp³-hybridized carbons (Fsp3) is 0.750. The maximum Gasteiger partial charge on any atom is 0.264 e. The van der Waals surface area contributed by atoms with Crippen LogP contribution in [-0.4, -0.2) is 53.3 Å². The summed E-state index contributed by atoms with van der Waals surface area (Å²) in [5.41, 5.74) is -0.682. The van der Waals surface area contributed by atoms with Gasteiger partial charge in [0.25, 0.3) is 11.8 Å². The number of amides is 1. The Kier molecular flexibility index (Phi) is 4.86. The highest BCUT2D eigenvalue weighted by atomic mass is 19.3. The monoisotopic (exact) mass is 311 g/mol. The van der Waals surface area contributed by atoms with Crippen molar-refractivity contribution in [3.63, 3.8) is 0 Å². The first-order valence-electron chi connectivity index (χ1n) is 7.80. The second-order valence-electron chi connectivity index (χ2n) is 6.70. The Morgan fingerprint density at radius 2 is 1.86 bits per heavy atom. The van der Waals surface area contributed by atoms with Crippen molar-refractivity contribution in [2.45, 2.75) is 51.0 Å². The van der Waals surface area contributed by atoms with Crippen molar-refractivity contribution in [2.75, 3.05) is 26.2 Å². The van der Waals surface area contributed by atoms with Crippen molar-refractivity contribution in [1.29, 1.82) is 5.26 Å². The molecule has 0 aromatic rings. The summed E-state index contributed by atoms with van der Waals surface area (Å²) in [7, 11) is 0. The van der Waals surface area contributed by atoms with Crippen LogP contribution >= 0.6 is 0 Å². The maximum absolute atomic E-state index is 13.4. The van der Waals surface area contributed by atoms with Crippen LogP contribution in [0.5, 0.6) is 0 Å². The van der Waals surface area contributed by atoms with E-state index < -0.39 is 11.5 Å². The van der Waals surface area contributed by atoms with Gasteiger partial charge in [-0.05, 0) is 39.2 Å². The van der Waals surface area contributed by atoms with Crippen molar-refractivity contribution in [1.82, 2.24) is 9.80 Å². The van der Waals surface area contributed by atoms with Gasteiger partial charge < -0.3 is 4.90 Å². The third kappa shape index (κ3) is 3.83. The van der Waals surface area contributed by atoms with E-state index in [0.717, 1.165) is 19.3 Å². The molecular formula is C16H23F2N3O. The molecule has 1 amide bonds. The zero-order valence-corrected chi connectivity index (χ0v) is 13.2.